The molecule has 0 radical (unpaired) electrons. The minimum atomic E-state index is 1.13. The summed E-state index contributed by atoms with van der Waals surface area (Å²) in [6.45, 7) is 6.45. The summed E-state index contributed by atoms with van der Waals surface area (Å²) in [6.07, 6.45) is 18.7. The topological polar surface area (TPSA) is 12.9 Å². The highest BCUT2D eigenvalue weighted by Crippen LogP contribution is 2.19. The van der Waals surface area contributed by atoms with Crippen molar-refractivity contribution in [1.29, 1.82) is 0 Å². The van der Waals surface area contributed by atoms with Crippen LogP contribution in [-0.2, 0) is 0 Å². The van der Waals surface area contributed by atoms with Gasteiger partial charge in [-0.05, 0) is 36.1 Å². The smallest absolute Gasteiger partial charge is 0.0273 e. The zero-order valence-corrected chi connectivity index (χ0v) is 13.2. The first-order valence-electron chi connectivity index (χ1n) is 8.42. The van der Waals surface area contributed by atoms with Crippen molar-refractivity contribution in [2.24, 2.45) is 0 Å². The Morgan fingerprint density at radius 3 is 1.90 bits per heavy atom. The highest BCUT2D eigenvalue weighted by Gasteiger charge is 1.98. The van der Waals surface area contributed by atoms with Crippen LogP contribution in [0.2, 0.25) is 0 Å². The van der Waals surface area contributed by atoms with Crippen LogP contribution >= 0.6 is 0 Å². The van der Waals surface area contributed by atoms with Crippen LogP contribution in [-0.4, -0.2) is 4.98 Å². The number of nitrogens with zero attached hydrogens (tertiary/aromatic N) is 1. The molecule has 0 aliphatic carbocycles. The lowest BCUT2D eigenvalue weighted by atomic mass is 10.0. The Hall–Kier alpha value is -1.11. The van der Waals surface area contributed by atoms with E-state index < -0.39 is 0 Å². The average molecular weight is 273 g/mol. The molecule has 0 bridgehead atoms. The fourth-order valence-electron chi connectivity index (χ4n) is 2.56. The minimum Gasteiger partial charge on any atom is -0.265 e. The van der Waals surface area contributed by atoms with Gasteiger partial charge in [-0.15, -0.1) is 0 Å². The molecular weight excluding hydrogens is 242 g/mol. The summed E-state index contributed by atoms with van der Waals surface area (Å²) in [5.41, 5.74) is 2.50. The summed E-state index contributed by atoms with van der Waals surface area (Å²) in [5.74, 6) is 0. The van der Waals surface area contributed by atoms with Crippen molar-refractivity contribution in [3.63, 3.8) is 0 Å². The Kier molecular flexibility index (Phi) is 9.91. The van der Waals surface area contributed by atoms with Crippen LogP contribution in [0.1, 0.15) is 83.1 Å². The molecule has 0 aliphatic rings. The fraction of sp³-hybridized carbons (Fsp3) is 0.632. The van der Waals surface area contributed by atoms with E-state index in [1.54, 1.807) is 0 Å². The Balaban J connectivity index is 1.91. The van der Waals surface area contributed by atoms with Crippen molar-refractivity contribution in [2.75, 3.05) is 0 Å². The van der Waals surface area contributed by atoms with Gasteiger partial charge < -0.3 is 0 Å². The predicted molar refractivity (Wildman–Crippen MR) is 89.7 cm³/mol. The summed E-state index contributed by atoms with van der Waals surface area (Å²) < 4.78 is 0. The number of pyridine rings is 1. The van der Waals surface area contributed by atoms with Gasteiger partial charge in [-0.3, -0.25) is 4.98 Å². The lowest BCUT2D eigenvalue weighted by Gasteiger charge is -2.05. The van der Waals surface area contributed by atoms with Gasteiger partial charge in [0.25, 0.3) is 0 Å². The predicted octanol–water partition coefficient (Wildman–Crippen LogP) is 6.41. The highest BCUT2D eigenvalue weighted by atomic mass is 14.6. The van der Waals surface area contributed by atoms with E-state index >= 15 is 0 Å². The number of unbranched alkanes of at least 4 members (excludes halogenated alkanes) is 9. The molecule has 1 heteroatoms. The molecule has 0 atom stereocenters. The minimum absolute atomic E-state index is 1.13. The maximum absolute atomic E-state index is 4.17. The van der Waals surface area contributed by atoms with Gasteiger partial charge in [0, 0.05) is 12.4 Å². The van der Waals surface area contributed by atoms with Crippen LogP contribution in [0.15, 0.2) is 31.1 Å². The average Bonchev–Trinajstić information content (AvgIpc) is 2.50. The van der Waals surface area contributed by atoms with Crippen molar-refractivity contribution >= 4 is 5.57 Å². The van der Waals surface area contributed by atoms with Gasteiger partial charge in [-0.1, -0.05) is 71.3 Å². The van der Waals surface area contributed by atoms with E-state index in [2.05, 4.69) is 30.6 Å². The lowest BCUT2D eigenvalue weighted by molar-refractivity contribution is 0.558. The van der Waals surface area contributed by atoms with Gasteiger partial charge in [0.2, 0.25) is 0 Å². The molecule has 112 valence electrons. The second kappa shape index (κ2) is 11.7. The zero-order chi connectivity index (χ0) is 14.5. The molecule has 0 fully saturated rings. The van der Waals surface area contributed by atoms with Crippen molar-refractivity contribution in [3.8, 4) is 0 Å². The summed E-state index contributed by atoms with van der Waals surface area (Å²) >= 11 is 0. The Morgan fingerprint density at radius 2 is 1.35 bits per heavy atom. The molecule has 0 saturated heterocycles. The molecule has 1 heterocycles. The Labute approximate surface area is 125 Å². The van der Waals surface area contributed by atoms with Crippen molar-refractivity contribution < 1.29 is 0 Å². The second-order valence-corrected chi connectivity index (χ2v) is 5.77. The molecule has 0 N–H and O–H groups in total. The molecule has 1 nitrogen and oxygen atoms in total. The van der Waals surface area contributed by atoms with Gasteiger partial charge in [-0.2, -0.15) is 0 Å². The van der Waals surface area contributed by atoms with Gasteiger partial charge in [0.05, 0.1) is 0 Å². The molecule has 1 aromatic heterocycles. The molecular formula is C19H31N. The van der Waals surface area contributed by atoms with Crippen molar-refractivity contribution in [2.45, 2.75) is 77.6 Å². The van der Waals surface area contributed by atoms with Crippen LogP contribution in [0, 0.1) is 0 Å². The molecule has 0 spiro atoms. The first-order chi connectivity index (χ1) is 9.84. The van der Waals surface area contributed by atoms with Crippen LogP contribution in [0.5, 0.6) is 0 Å². The first kappa shape index (κ1) is 16.9. The van der Waals surface area contributed by atoms with Crippen LogP contribution in [0.3, 0.4) is 0 Å². The van der Waals surface area contributed by atoms with E-state index in [4.69, 9.17) is 0 Å². The van der Waals surface area contributed by atoms with Crippen molar-refractivity contribution in [1.82, 2.24) is 4.98 Å². The normalized spacial score (nSPS) is 10.7. The maximum Gasteiger partial charge on any atom is 0.0273 e. The summed E-state index contributed by atoms with van der Waals surface area (Å²) in [5, 5.41) is 0. The van der Waals surface area contributed by atoms with E-state index in [0.717, 1.165) is 6.42 Å². The molecule has 1 aromatic rings. The van der Waals surface area contributed by atoms with Gasteiger partial charge >= 0.3 is 0 Å². The maximum atomic E-state index is 4.17. The highest BCUT2D eigenvalue weighted by molar-refractivity contribution is 5.62. The number of hydrogen-bond donors (Lipinski definition) is 0. The molecule has 0 aliphatic heterocycles. The first-order valence-corrected chi connectivity index (χ1v) is 8.42. The third-order valence-electron chi connectivity index (χ3n) is 3.92. The Bertz CT molecular complexity index is 342. The molecule has 0 saturated carbocycles. The number of aromatic nitrogens is 1. The number of rotatable bonds is 12. The van der Waals surface area contributed by atoms with Gasteiger partial charge in [0.1, 0.15) is 0 Å². The van der Waals surface area contributed by atoms with Gasteiger partial charge in [-0.25, -0.2) is 0 Å². The van der Waals surface area contributed by atoms with E-state index in [0.29, 0.717) is 0 Å². The van der Waals surface area contributed by atoms with E-state index in [1.165, 1.54) is 75.3 Å². The SMILES string of the molecule is C=C(CCCCCCCCCCCC)c1ccncc1. The molecule has 0 unspecified atom stereocenters. The van der Waals surface area contributed by atoms with E-state index in [1.807, 2.05) is 12.4 Å². The fourth-order valence-corrected chi connectivity index (χ4v) is 2.56. The van der Waals surface area contributed by atoms with Crippen LogP contribution in [0.25, 0.3) is 5.57 Å². The molecule has 1 rings (SSSR count). The number of allylic oxidation sites excluding steroid dienone is 1. The monoisotopic (exact) mass is 273 g/mol. The summed E-state index contributed by atoms with van der Waals surface area (Å²) in [4.78, 5) is 4.04. The lowest BCUT2D eigenvalue weighted by Crippen LogP contribution is -1.85. The van der Waals surface area contributed by atoms with Crippen LogP contribution in [0.4, 0.5) is 0 Å². The second-order valence-electron chi connectivity index (χ2n) is 5.77. The third kappa shape index (κ3) is 8.14. The zero-order valence-electron chi connectivity index (χ0n) is 13.2. The summed E-state index contributed by atoms with van der Waals surface area (Å²) in [6, 6.07) is 4.11. The van der Waals surface area contributed by atoms with E-state index in [9.17, 15) is 0 Å². The van der Waals surface area contributed by atoms with Crippen LogP contribution < -0.4 is 0 Å². The Morgan fingerprint density at radius 1 is 0.850 bits per heavy atom. The quantitative estimate of drug-likeness (QED) is 0.401. The standard InChI is InChI=1S/C19H31N/c1-3-4-5-6-7-8-9-10-11-12-13-18(2)19-14-16-20-17-15-19/h14-17H,2-13H2,1H3. The van der Waals surface area contributed by atoms with E-state index in [-0.39, 0.29) is 0 Å². The van der Waals surface area contributed by atoms with Crippen molar-refractivity contribution in [3.05, 3.63) is 36.7 Å². The molecule has 0 aromatic carbocycles. The molecule has 20 heavy (non-hydrogen) atoms. The summed E-state index contributed by atoms with van der Waals surface area (Å²) in [7, 11) is 0. The largest absolute Gasteiger partial charge is 0.265 e. The number of hydrogen-bond acceptors (Lipinski definition) is 1. The van der Waals surface area contributed by atoms with Gasteiger partial charge in [0.15, 0.2) is 0 Å². The third-order valence-corrected chi connectivity index (χ3v) is 3.92. The molecule has 0 amide bonds.